The van der Waals surface area contributed by atoms with E-state index in [2.05, 4.69) is 15.6 Å². The summed E-state index contributed by atoms with van der Waals surface area (Å²) in [7, 11) is 1.70. The molecule has 1 aromatic carbocycles. The number of hydrogen-bond donors (Lipinski definition) is 2. The zero-order chi connectivity index (χ0) is 25.0. The highest BCUT2D eigenvalue weighted by molar-refractivity contribution is 5.95. The van der Waals surface area contributed by atoms with E-state index in [1.165, 1.54) is 12.3 Å². The Kier molecular flexibility index (Phi) is 7.93. The van der Waals surface area contributed by atoms with Crippen molar-refractivity contribution in [3.8, 4) is 0 Å². The molecule has 3 heterocycles. The lowest BCUT2D eigenvalue weighted by Gasteiger charge is -2.38. The smallest absolute Gasteiger partial charge is 0.379 e. The van der Waals surface area contributed by atoms with Crippen LogP contribution < -0.4 is 10.6 Å². The van der Waals surface area contributed by atoms with Gasteiger partial charge in [-0.15, -0.1) is 0 Å². The molecule has 2 N–H and O–H groups in total. The van der Waals surface area contributed by atoms with Crippen molar-refractivity contribution in [3.63, 3.8) is 0 Å². The third-order valence-corrected chi connectivity index (χ3v) is 6.71. The molecular formula is C25H31F3N4O3. The van der Waals surface area contributed by atoms with Gasteiger partial charge < -0.3 is 25.0 Å². The summed E-state index contributed by atoms with van der Waals surface area (Å²) >= 11 is 0. The second kappa shape index (κ2) is 10.9. The molecule has 1 amide bonds. The number of benzene rings is 1. The van der Waals surface area contributed by atoms with Crippen molar-refractivity contribution in [2.45, 2.75) is 50.6 Å². The number of ether oxygens (including phenoxy) is 2. The van der Waals surface area contributed by atoms with Crippen molar-refractivity contribution in [3.05, 3.63) is 53.3 Å². The number of nitrogens with one attached hydrogen (secondary N) is 2. The number of anilines is 2. The van der Waals surface area contributed by atoms with Crippen LogP contribution in [0.5, 0.6) is 0 Å². The van der Waals surface area contributed by atoms with Gasteiger partial charge in [0, 0.05) is 62.0 Å². The fourth-order valence-electron chi connectivity index (χ4n) is 4.65. The molecule has 35 heavy (non-hydrogen) atoms. The van der Waals surface area contributed by atoms with E-state index in [0.717, 1.165) is 31.4 Å². The van der Waals surface area contributed by atoms with E-state index in [9.17, 15) is 18.0 Å². The lowest BCUT2D eigenvalue weighted by Crippen LogP contribution is -2.54. The largest absolute Gasteiger partial charge is 0.416 e. The fraction of sp³-hybridized carbons (Fsp3) is 0.520. The number of rotatable bonds is 6. The van der Waals surface area contributed by atoms with Crippen molar-refractivity contribution in [1.82, 2.24) is 15.2 Å². The number of likely N-dealkylation sites (tertiary alicyclic amines) is 1. The molecule has 0 spiro atoms. The fourth-order valence-corrected chi connectivity index (χ4v) is 4.65. The molecule has 2 unspecified atom stereocenters. The van der Waals surface area contributed by atoms with Crippen LogP contribution in [0.2, 0.25) is 0 Å². The van der Waals surface area contributed by atoms with Crippen LogP contribution in [0.15, 0.2) is 36.5 Å². The molecule has 0 bridgehead atoms. The van der Waals surface area contributed by atoms with Crippen LogP contribution >= 0.6 is 0 Å². The van der Waals surface area contributed by atoms with Crippen LogP contribution in [0, 0.1) is 6.92 Å². The summed E-state index contributed by atoms with van der Waals surface area (Å²) in [6, 6.07) is 7.16. The SMILES string of the molecule is COC1COCCC1NC1CCN(C(=O)c2nccc(Nc3cccc(C(F)(F)F)c3)c2C)CC1. The van der Waals surface area contributed by atoms with E-state index in [1.807, 2.05) is 0 Å². The Morgan fingerprint density at radius 2 is 1.97 bits per heavy atom. The summed E-state index contributed by atoms with van der Waals surface area (Å²) < 4.78 is 50.2. The van der Waals surface area contributed by atoms with E-state index in [1.54, 1.807) is 31.1 Å². The molecule has 0 aliphatic carbocycles. The minimum Gasteiger partial charge on any atom is -0.379 e. The number of hydrogen-bond acceptors (Lipinski definition) is 6. The van der Waals surface area contributed by atoms with E-state index in [4.69, 9.17) is 9.47 Å². The summed E-state index contributed by atoms with van der Waals surface area (Å²) in [5, 5.41) is 6.67. The monoisotopic (exact) mass is 492 g/mol. The third kappa shape index (κ3) is 6.12. The Labute approximate surface area is 203 Å². The molecule has 10 heteroatoms. The average molecular weight is 493 g/mol. The second-order valence-electron chi connectivity index (χ2n) is 9.01. The lowest BCUT2D eigenvalue weighted by atomic mass is 9.99. The summed E-state index contributed by atoms with van der Waals surface area (Å²) in [5.74, 6) is -0.172. The Balaban J connectivity index is 1.39. The first-order chi connectivity index (χ1) is 16.8. The highest BCUT2D eigenvalue weighted by Gasteiger charge is 2.32. The Morgan fingerprint density at radius 3 is 2.69 bits per heavy atom. The van der Waals surface area contributed by atoms with Gasteiger partial charge in [0.15, 0.2) is 0 Å². The van der Waals surface area contributed by atoms with Gasteiger partial charge in [-0.1, -0.05) is 6.07 Å². The number of piperidine rings is 1. The number of pyridine rings is 1. The maximum Gasteiger partial charge on any atom is 0.416 e. The number of carbonyl (C=O) groups excluding carboxylic acids is 1. The van der Waals surface area contributed by atoms with Gasteiger partial charge in [-0.25, -0.2) is 0 Å². The van der Waals surface area contributed by atoms with Gasteiger partial charge in [-0.05, 0) is 50.5 Å². The first-order valence-corrected chi connectivity index (χ1v) is 11.8. The van der Waals surface area contributed by atoms with Crippen LogP contribution in [0.25, 0.3) is 0 Å². The van der Waals surface area contributed by atoms with Crippen LogP contribution in [-0.4, -0.2) is 67.4 Å². The van der Waals surface area contributed by atoms with E-state index in [-0.39, 0.29) is 18.1 Å². The Morgan fingerprint density at radius 1 is 1.20 bits per heavy atom. The number of carbonyl (C=O) groups is 1. The minimum absolute atomic E-state index is 0.0299. The van der Waals surface area contributed by atoms with Gasteiger partial charge in [-0.2, -0.15) is 13.2 Å². The Bertz CT molecular complexity index is 1030. The van der Waals surface area contributed by atoms with Crippen molar-refractivity contribution < 1.29 is 27.4 Å². The summed E-state index contributed by atoms with van der Waals surface area (Å²) in [6.07, 6.45) is -0.362. The maximum absolute atomic E-state index is 13.2. The molecule has 2 aromatic rings. The zero-order valence-corrected chi connectivity index (χ0v) is 19.9. The molecule has 7 nitrogen and oxygen atoms in total. The standard InChI is InChI=1S/C25H31F3N4O3/c1-16-20(31-19-5-3-4-17(14-19)25(26,27)28)6-10-29-23(16)24(33)32-11-7-18(8-12-32)30-21-9-13-35-15-22(21)34-2/h3-6,10,14,18,21-22,30H,7-9,11-13,15H2,1-2H3,(H,29,31). The maximum atomic E-state index is 13.2. The van der Waals surface area contributed by atoms with Crippen molar-refractivity contribution in [2.24, 2.45) is 0 Å². The lowest BCUT2D eigenvalue weighted by molar-refractivity contribution is -0.137. The quantitative estimate of drug-likeness (QED) is 0.631. The van der Waals surface area contributed by atoms with Gasteiger partial charge in [0.2, 0.25) is 0 Å². The van der Waals surface area contributed by atoms with Gasteiger partial charge in [0.1, 0.15) is 5.69 Å². The van der Waals surface area contributed by atoms with Crippen molar-refractivity contribution >= 4 is 17.3 Å². The van der Waals surface area contributed by atoms with E-state index >= 15 is 0 Å². The molecule has 2 aliphatic heterocycles. The van der Waals surface area contributed by atoms with Crippen molar-refractivity contribution in [2.75, 3.05) is 38.7 Å². The van der Waals surface area contributed by atoms with Crippen LogP contribution in [-0.2, 0) is 15.7 Å². The number of methoxy groups -OCH3 is 1. The molecule has 1 aromatic heterocycles. The Hall–Kier alpha value is -2.69. The number of nitrogens with zero attached hydrogens (tertiary/aromatic N) is 2. The normalized spacial score (nSPS) is 21.7. The number of alkyl halides is 3. The number of amides is 1. The number of halogens is 3. The molecule has 2 aliphatic rings. The molecular weight excluding hydrogens is 461 g/mol. The predicted octanol–water partition coefficient (Wildman–Crippen LogP) is 4.15. The van der Waals surface area contributed by atoms with Gasteiger partial charge in [0.05, 0.1) is 18.3 Å². The third-order valence-electron chi connectivity index (χ3n) is 6.71. The first-order valence-electron chi connectivity index (χ1n) is 11.8. The zero-order valence-electron chi connectivity index (χ0n) is 19.9. The first kappa shape index (κ1) is 25.4. The average Bonchev–Trinajstić information content (AvgIpc) is 2.85. The van der Waals surface area contributed by atoms with Crippen LogP contribution in [0.3, 0.4) is 0 Å². The van der Waals surface area contributed by atoms with Gasteiger partial charge >= 0.3 is 6.18 Å². The predicted molar refractivity (Wildman–Crippen MR) is 126 cm³/mol. The van der Waals surface area contributed by atoms with Crippen LogP contribution in [0.4, 0.5) is 24.5 Å². The number of aromatic nitrogens is 1. The molecule has 0 radical (unpaired) electrons. The summed E-state index contributed by atoms with van der Waals surface area (Å²) in [6.45, 7) is 4.25. The molecule has 2 atom stereocenters. The summed E-state index contributed by atoms with van der Waals surface area (Å²) in [5.41, 5.74) is 1.00. The topological polar surface area (TPSA) is 75.7 Å². The highest BCUT2D eigenvalue weighted by Crippen LogP contribution is 2.32. The van der Waals surface area contributed by atoms with Crippen molar-refractivity contribution in [1.29, 1.82) is 0 Å². The molecule has 0 saturated carbocycles. The summed E-state index contributed by atoms with van der Waals surface area (Å²) in [4.78, 5) is 19.3. The van der Waals surface area contributed by atoms with Gasteiger partial charge in [-0.3, -0.25) is 9.78 Å². The van der Waals surface area contributed by atoms with Crippen LogP contribution in [0.1, 0.15) is 40.9 Å². The molecule has 2 fully saturated rings. The van der Waals surface area contributed by atoms with E-state index in [0.29, 0.717) is 55.0 Å². The van der Waals surface area contributed by atoms with Gasteiger partial charge in [0.25, 0.3) is 5.91 Å². The minimum atomic E-state index is -4.43. The molecule has 4 rings (SSSR count). The highest BCUT2D eigenvalue weighted by atomic mass is 19.4. The molecule has 2 saturated heterocycles. The molecule has 190 valence electrons. The van der Waals surface area contributed by atoms with E-state index < -0.39 is 11.7 Å². The second-order valence-corrected chi connectivity index (χ2v) is 9.01.